The monoisotopic (exact) mass is 455 g/mol. The molecule has 0 unspecified atom stereocenters. The first-order valence-electron chi connectivity index (χ1n) is 10.3. The van der Waals surface area contributed by atoms with Crippen LogP contribution in [-0.2, 0) is 6.54 Å². The Morgan fingerprint density at radius 2 is 1.94 bits per heavy atom. The van der Waals surface area contributed by atoms with Crippen molar-refractivity contribution in [2.75, 3.05) is 12.1 Å². The second-order valence-corrected chi connectivity index (χ2v) is 8.34. The summed E-state index contributed by atoms with van der Waals surface area (Å²) in [5.41, 5.74) is 3.96. The van der Waals surface area contributed by atoms with E-state index in [2.05, 4.69) is 20.4 Å². The molecule has 6 rings (SSSR count). The lowest BCUT2D eigenvalue weighted by Gasteiger charge is -2.04. The predicted molar refractivity (Wildman–Crippen MR) is 125 cm³/mol. The number of hydrogen-bond donors (Lipinski definition) is 1. The lowest BCUT2D eigenvalue weighted by molar-refractivity contribution is 0.102. The number of amides is 1. The average molecular weight is 455 g/mol. The second kappa shape index (κ2) is 8.03. The minimum atomic E-state index is -0.271. The number of aromatic nitrogens is 4. The molecule has 0 bridgehead atoms. The summed E-state index contributed by atoms with van der Waals surface area (Å²) in [6.07, 6.45) is 3.29. The molecule has 0 saturated heterocycles. The fraction of sp³-hybridized carbons (Fsp3) is 0.0833. The first-order chi connectivity index (χ1) is 16.2. The highest BCUT2D eigenvalue weighted by molar-refractivity contribution is 7.14. The molecular formula is C24H17N5O3S. The van der Waals surface area contributed by atoms with Crippen LogP contribution in [0.5, 0.6) is 11.5 Å². The van der Waals surface area contributed by atoms with Crippen LogP contribution in [0.4, 0.5) is 5.13 Å². The van der Waals surface area contributed by atoms with Gasteiger partial charge < -0.3 is 9.47 Å². The van der Waals surface area contributed by atoms with Gasteiger partial charge in [-0.2, -0.15) is 5.10 Å². The summed E-state index contributed by atoms with van der Waals surface area (Å²) in [7, 11) is 0. The van der Waals surface area contributed by atoms with Gasteiger partial charge in [0, 0.05) is 22.5 Å². The van der Waals surface area contributed by atoms with Gasteiger partial charge >= 0.3 is 0 Å². The number of nitrogens with zero attached hydrogens (tertiary/aromatic N) is 4. The van der Waals surface area contributed by atoms with E-state index in [0.29, 0.717) is 23.0 Å². The van der Waals surface area contributed by atoms with E-state index in [4.69, 9.17) is 9.47 Å². The average Bonchev–Trinajstić information content (AvgIpc) is 3.59. The number of benzene rings is 2. The van der Waals surface area contributed by atoms with Crippen molar-refractivity contribution >= 4 is 33.4 Å². The Hall–Kier alpha value is -4.24. The molecule has 0 atom stereocenters. The molecule has 162 valence electrons. The van der Waals surface area contributed by atoms with E-state index in [-0.39, 0.29) is 12.7 Å². The fourth-order valence-electron chi connectivity index (χ4n) is 3.66. The highest BCUT2D eigenvalue weighted by atomic mass is 32.1. The Kier molecular flexibility index (Phi) is 4.73. The van der Waals surface area contributed by atoms with E-state index in [1.54, 1.807) is 18.5 Å². The maximum atomic E-state index is 12.8. The number of ether oxygens (including phenoxy) is 2. The smallest absolute Gasteiger partial charge is 0.259 e. The zero-order valence-electron chi connectivity index (χ0n) is 17.3. The van der Waals surface area contributed by atoms with Crippen LogP contribution in [0.3, 0.4) is 0 Å². The Morgan fingerprint density at radius 1 is 1.06 bits per heavy atom. The zero-order valence-corrected chi connectivity index (χ0v) is 18.1. The van der Waals surface area contributed by atoms with Crippen LogP contribution in [0.2, 0.25) is 0 Å². The molecule has 0 fully saturated rings. The maximum Gasteiger partial charge on any atom is 0.259 e. The first-order valence-corrected chi connectivity index (χ1v) is 11.1. The Morgan fingerprint density at radius 3 is 2.85 bits per heavy atom. The van der Waals surface area contributed by atoms with Gasteiger partial charge in [-0.25, -0.2) is 14.6 Å². The number of anilines is 1. The van der Waals surface area contributed by atoms with Crippen LogP contribution in [0, 0.1) is 0 Å². The Labute approximate surface area is 192 Å². The molecule has 0 spiro atoms. The van der Waals surface area contributed by atoms with E-state index in [9.17, 15) is 4.79 Å². The number of hydrogen-bond acceptors (Lipinski definition) is 7. The minimum Gasteiger partial charge on any atom is -0.454 e. The molecule has 5 aromatic rings. The molecule has 9 heteroatoms. The van der Waals surface area contributed by atoms with Gasteiger partial charge in [0.15, 0.2) is 22.3 Å². The highest BCUT2D eigenvalue weighted by Crippen LogP contribution is 2.36. The standard InChI is InChI=1S/C24H17N5O3S/c30-23(28-24-27-19(13-33-24)16-6-7-20-21(9-16)32-14-31-20)18-8-17-11-26-29(22(17)25-10-18)12-15-4-2-1-3-5-15/h1-11,13H,12,14H2,(H,27,28,30). The molecule has 8 nitrogen and oxygen atoms in total. The van der Waals surface area contributed by atoms with E-state index in [0.717, 1.165) is 33.6 Å². The summed E-state index contributed by atoms with van der Waals surface area (Å²) < 4.78 is 12.6. The van der Waals surface area contributed by atoms with Crippen LogP contribution in [0.1, 0.15) is 15.9 Å². The van der Waals surface area contributed by atoms with Gasteiger partial charge in [-0.15, -0.1) is 11.3 Å². The van der Waals surface area contributed by atoms with Crippen LogP contribution in [-0.4, -0.2) is 32.4 Å². The van der Waals surface area contributed by atoms with Crippen LogP contribution in [0.15, 0.2) is 72.4 Å². The lowest BCUT2D eigenvalue weighted by atomic mass is 10.1. The molecule has 4 heterocycles. The highest BCUT2D eigenvalue weighted by Gasteiger charge is 2.16. The van der Waals surface area contributed by atoms with Crippen molar-refractivity contribution < 1.29 is 14.3 Å². The molecule has 1 amide bonds. The predicted octanol–water partition coefficient (Wildman–Crippen LogP) is 4.58. The molecule has 3 aromatic heterocycles. The van der Waals surface area contributed by atoms with Crippen LogP contribution >= 0.6 is 11.3 Å². The number of rotatable bonds is 5. The van der Waals surface area contributed by atoms with Crippen molar-refractivity contribution in [3.05, 3.63) is 83.5 Å². The molecular weight excluding hydrogens is 438 g/mol. The number of carbonyl (C=O) groups is 1. The Balaban J connectivity index is 1.19. The molecule has 0 radical (unpaired) electrons. The number of carbonyl (C=O) groups excluding carboxylic acids is 1. The summed E-state index contributed by atoms with van der Waals surface area (Å²) in [6, 6.07) is 17.5. The molecule has 0 aliphatic carbocycles. The number of fused-ring (bicyclic) bond motifs is 2. The van der Waals surface area contributed by atoms with Gasteiger partial charge in [0.2, 0.25) is 6.79 Å². The van der Waals surface area contributed by atoms with Gasteiger partial charge in [0.05, 0.1) is 24.0 Å². The van der Waals surface area contributed by atoms with E-state index in [1.807, 2.05) is 58.6 Å². The molecule has 2 aromatic carbocycles. The van der Waals surface area contributed by atoms with Gasteiger partial charge in [0.1, 0.15) is 0 Å². The van der Waals surface area contributed by atoms with Crippen molar-refractivity contribution in [3.8, 4) is 22.8 Å². The molecule has 33 heavy (non-hydrogen) atoms. The number of thiazole rings is 1. The van der Waals surface area contributed by atoms with E-state index in [1.165, 1.54) is 11.3 Å². The Bertz CT molecular complexity index is 1480. The largest absolute Gasteiger partial charge is 0.454 e. The minimum absolute atomic E-state index is 0.223. The van der Waals surface area contributed by atoms with Crippen LogP contribution in [0.25, 0.3) is 22.3 Å². The van der Waals surface area contributed by atoms with E-state index >= 15 is 0 Å². The van der Waals surface area contributed by atoms with Crippen molar-refractivity contribution in [1.29, 1.82) is 0 Å². The summed E-state index contributed by atoms with van der Waals surface area (Å²) in [5, 5.41) is 10.5. The SMILES string of the molecule is O=C(Nc1nc(-c2ccc3c(c2)OCO3)cs1)c1cnc2c(cnn2Cc2ccccc2)c1. The number of pyridine rings is 1. The van der Waals surface area contributed by atoms with Crippen LogP contribution < -0.4 is 14.8 Å². The number of nitrogens with one attached hydrogen (secondary N) is 1. The quantitative estimate of drug-likeness (QED) is 0.417. The van der Waals surface area contributed by atoms with Gasteiger partial charge in [-0.3, -0.25) is 10.1 Å². The summed E-state index contributed by atoms with van der Waals surface area (Å²) in [4.78, 5) is 21.8. The topological polar surface area (TPSA) is 91.2 Å². The molecule has 1 aliphatic heterocycles. The van der Waals surface area contributed by atoms with Gasteiger partial charge in [-0.05, 0) is 29.8 Å². The maximum absolute atomic E-state index is 12.8. The molecule has 0 saturated carbocycles. The molecule has 1 aliphatic rings. The normalized spacial score (nSPS) is 12.2. The van der Waals surface area contributed by atoms with Gasteiger partial charge in [0.25, 0.3) is 5.91 Å². The summed E-state index contributed by atoms with van der Waals surface area (Å²) in [5.74, 6) is 1.14. The first kappa shape index (κ1) is 19.4. The van der Waals surface area contributed by atoms with Gasteiger partial charge in [-0.1, -0.05) is 30.3 Å². The summed E-state index contributed by atoms with van der Waals surface area (Å²) >= 11 is 1.36. The van der Waals surface area contributed by atoms with Crippen molar-refractivity contribution in [3.63, 3.8) is 0 Å². The third-order valence-corrected chi connectivity index (χ3v) is 6.06. The van der Waals surface area contributed by atoms with E-state index < -0.39 is 0 Å². The lowest BCUT2D eigenvalue weighted by Crippen LogP contribution is -2.12. The van der Waals surface area contributed by atoms with Crippen molar-refractivity contribution in [2.45, 2.75) is 6.54 Å². The van der Waals surface area contributed by atoms with Crippen molar-refractivity contribution in [2.24, 2.45) is 0 Å². The second-order valence-electron chi connectivity index (χ2n) is 7.48. The van der Waals surface area contributed by atoms with Crippen molar-refractivity contribution in [1.82, 2.24) is 19.7 Å². The molecule has 1 N–H and O–H groups in total. The third kappa shape index (κ3) is 3.79. The third-order valence-electron chi connectivity index (χ3n) is 5.31. The fourth-order valence-corrected chi connectivity index (χ4v) is 4.37. The zero-order chi connectivity index (χ0) is 22.2. The summed E-state index contributed by atoms with van der Waals surface area (Å²) in [6.45, 7) is 0.839.